The molecule has 0 radical (unpaired) electrons. The minimum Gasteiger partial charge on any atom is -0.464 e. The third-order valence-corrected chi connectivity index (χ3v) is 5.25. The topological polar surface area (TPSA) is 135 Å². The zero-order valence-electron chi connectivity index (χ0n) is 16.5. The molecular formula is C19H19BrN6O4. The van der Waals surface area contributed by atoms with E-state index in [1.165, 1.54) is 11.7 Å². The van der Waals surface area contributed by atoms with E-state index in [4.69, 9.17) is 9.94 Å². The Morgan fingerprint density at radius 2 is 2.13 bits per heavy atom. The summed E-state index contributed by atoms with van der Waals surface area (Å²) in [7, 11) is 0. The lowest BCUT2D eigenvalue weighted by molar-refractivity contribution is -0.141. The number of nitrogens with one attached hydrogen (secondary N) is 1. The molecule has 11 heteroatoms. The molecule has 2 heterocycles. The van der Waals surface area contributed by atoms with E-state index in [2.05, 4.69) is 41.5 Å². The van der Waals surface area contributed by atoms with E-state index in [-0.39, 0.29) is 24.8 Å². The first kappa shape index (κ1) is 21.4. The summed E-state index contributed by atoms with van der Waals surface area (Å²) in [5, 5.41) is 24.3. The van der Waals surface area contributed by atoms with Gasteiger partial charge >= 0.3 is 5.97 Å². The Morgan fingerprint density at radius 1 is 1.37 bits per heavy atom. The number of aromatic amines is 1. The number of aryl methyl sites for hydroxylation is 1. The fourth-order valence-corrected chi connectivity index (χ4v) is 3.25. The molecule has 0 fully saturated rings. The van der Waals surface area contributed by atoms with Crippen LogP contribution >= 0.6 is 15.9 Å². The number of ketones is 1. The third-order valence-electron chi connectivity index (χ3n) is 4.40. The average molecular weight is 475 g/mol. The number of nitrogens with zero attached hydrogens (tertiary/aromatic N) is 5. The van der Waals surface area contributed by atoms with Gasteiger partial charge in [-0.3, -0.25) is 9.59 Å². The van der Waals surface area contributed by atoms with Crippen molar-refractivity contribution in [1.82, 2.24) is 25.2 Å². The highest BCUT2D eigenvalue weighted by atomic mass is 79.9. The van der Waals surface area contributed by atoms with Crippen molar-refractivity contribution in [3.8, 4) is 11.5 Å². The Hall–Kier alpha value is -3.34. The Balaban J connectivity index is 1.96. The summed E-state index contributed by atoms with van der Waals surface area (Å²) in [6, 6.07) is 5.32. The second-order valence-corrected chi connectivity index (χ2v) is 7.35. The highest BCUT2D eigenvalue weighted by molar-refractivity contribution is 9.10. The molecule has 0 atom stereocenters. The first-order valence-electron chi connectivity index (χ1n) is 8.94. The van der Waals surface area contributed by atoms with Crippen molar-refractivity contribution in [3.63, 3.8) is 0 Å². The number of rotatable bonds is 7. The van der Waals surface area contributed by atoms with Gasteiger partial charge in [-0.2, -0.15) is 4.80 Å². The second-order valence-electron chi connectivity index (χ2n) is 6.50. The minimum absolute atomic E-state index is 0.114. The van der Waals surface area contributed by atoms with Gasteiger partial charge in [-0.1, -0.05) is 33.2 Å². The molecule has 0 aliphatic carbocycles. The van der Waals surface area contributed by atoms with Crippen LogP contribution in [0.25, 0.3) is 11.5 Å². The summed E-state index contributed by atoms with van der Waals surface area (Å²) in [6.07, 6.45) is 1.15. The lowest BCUT2D eigenvalue weighted by Gasteiger charge is -2.05. The Kier molecular flexibility index (Phi) is 6.40. The van der Waals surface area contributed by atoms with E-state index >= 15 is 0 Å². The van der Waals surface area contributed by atoms with Gasteiger partial charge in [-0.25, -0.2) is 0 Å². The maximum Gasteiger partial charge on any atom is 0.302 e. The van der Waals surface area contributed by atoms with Crippen LogP contribution in [-0.2, 0) is 16.1 Å². The Labute approximate surface area is 180 Å². The van der Waals surface area contributed by atoms with Crippen LogP contribution in [0.4, 0.5) is 0 Å². The predicted molar refractivity (Wildman–Crippen MR) is 111 cm³/mol. The predicted octanol–water partition coefficient (Wildman–Crippen LogP) is 2.65. The molecule has 30 heavy (non-hydrogen) atoms. The Bertz CT molecular complexity index is 1130. The summed E-state index contributed by atoms with van der Waals surface area (Å²) in [5.41, 5.74) is 3.21. The van der Waals surface area contributed by atoms with E-state index < -0.39 is 5.97 Å². The Morgan fingerprint density at radius 3 is 2.80 bits per heavy atom. The van der Waals surface area contributed by atoms with E-state index in [0.717, 1.165) is 16.3 Å². The van der Waals surface area contributed by atoms with Crippen molar-refractivity contribution < 1.29 is 19.5 Å². The molecule has 0 saturated carbocycles. The zero-order chi connectivity index (χ0) is 21.8. The molecule has 156 valence electrons. The quantitative estimate of drug-likeness (QED) is 0.176. The molecule has 3 aromatic rings. The van der Waals surface area contributed by atoms with Crippen molar-refractivity contribution in [2.45, 2.75) is 27.3 Å². The molecule has 2 aromatic heterocycles. The van der Waals surface area contributed by atoms with Crippen molar-refractivity contribution >= 4 is 33.9 Å². The van der Waals surface area contributed by atoms with Gasteiger partial charge in [0.05, 0.1) is 29.7 Å². The number of tetrazole rings is 1. The smallest absolute Gasteiger partial charge is 0.302 e. The molecule has 0 aliphatic rings. The SMILES string of the molecule is CC(=O)OCCn1nnc(-c2[nH]c(/C=N/O)c(C(=O)c3ccc(C)c(Br)c3)c2C)n1. The molecule has 0 unspecified atom stereocenters. The molecule has 1 aromatic carbocycles. The normalized spacial score (nSPS) is 11.2. The molecule has 0 spiro atoms. The maximum atomic E-state index is 13.2. The molecule has 2 N–H and O–H groups in total. The van der Waals surface area contributed by atoms with Gasteiger partial charge in [-0.15, -0.1) is 10.2 Å². The van der Waals surface area contributed by atoms with Gasteiger partial charge in [-0.05, 0) is 36.3 Å². The van der Waals surface area contributed by atoms with E-state index in [0.29, 0.717) is 28.1 Å². The summed E-state index contributed by atoms with van der Waals surface area (Å²) in [6.45, 7) is 5.34. The number of halogens is 1. The number of H-pyrrole nitrogens is 1. The number of aromatic nitrogens is 5. The van der Waals surface area contributed by atoms with Crippen molar-refractivity contribution in [1.29, 1.82) is 0 Å². The molecule has 0 bridgehead atoms. The van der Waals surface area contributed by atoms with Crippen LogP contribution in [-0.4, -0.2) is 55.0 Å². The number of carbonyl (C=O) groups is 2. The van der Waals surface area contributed by atoms with Gasteiger partial charge in [0.1, 0.15) is 6.61 Å². The number of oxime groups is 1. The molecular weight excluding hydrogens is 456 g/mol. The van der Waals surface area contributed by atoms with Crippen LogP contribution in [0.3, 0.4) is 0 Å². The molecule has 0 amide bonds. The largest absolute Gasteiger partial charge is 0.464 e. The van der Waals surface area contributed by atoms with Crippen LogP contribution in [0.15, 0.2) is 27.8 Å². The highest BCUT2D eigenvalue weighted by Gasteiger charge is 2.24. The molecule has 3 rings (SSSR count). The first-order valence-corrected chi connectivity index (χ1v) is 9.73. The third kappa shape index (κ3) is 4.46. The van der Waals surface area contributed by atoms with Crippen LogP contribution in [0.1, 0.15) is 39.7 Å². The fraction of sp³-hybridized carbons (Fsp3) is 0.263. The maximum absolute atomic E-state index is 13.2. The molecule has 0 aliphatic heterocycles. The summed E-state index contributed by atoms with van der Waals surface area (Å²) in [4.78, 5) is 28.4. The first-order chi connectivity index (χ1) is 14.3. The van der Waals surface area contributed by atoms with E-state index in [1.54, 1.807) is 19.1 Å². The summed E-state index contributed by atoms with van der Waals surface area (Å²) >= 11 is 3.44. The van der Waals surface area contributed by atoms with Crippen LogP contribution in [0.2, 0.25) is 0 Å². The van der Waals surface area contributed by atoms with Crippen molar-refractivity contribution in [2.75, 3.05) is 6.61 Å². The standard InChI is InChI=1S/C19H19BrN6O4/c1-10-4-5-13(8-14(10)20)18(28)16-11(2)17(22-15(16)9-21-29)19-23-25-26(24-19)6-7-30-12(3)27/h4-5,8-9,22,29H,6-7H2,1-3H3/b21-9+. The van der Waals surface area contributed by atoms with E-state index in [1.807, 2.05) is 13.0 Å². The van der Waals surface area contributed by atoms with Crippen LogP contribution in [0.5, 0.6) is 0 Å². The fourth-order valence-electron chi connectivity index (χ4n) is 2.88. The number of ether oxygens (including phenoxy) is 1. The van der Waals surface area contributed by atoms with Crippen molar-refractivity contribution in [2.24, 2.45) is 5.16 Å². The van der Waals surface area contributed by atoms with Gasteiger partial charge in [0.15, 0.2) is 5.78 Å². The summed E-state index contributed by atoms with van der Waals surface area (Å²) in [5.74, 6) is -0.380. The minimum atomic E-state index is -0.394. The average Bonchev–Trinajstić information content (AvgIpc) is 3.28. The van der Waals surface area contributed by atoms with Gasteiger partial charge < -0.3 is 14.9 Å². The molecule has 0 saturated heterocycles. The van der Waals surface area contributed by atoms with Gasteiger partial charge in [0.2, 0.25) is 5.82 Å². The van der Waals surface area contributed by atoms with Crippen LogP contribution < -0.4 is 0 Å². The number of carbonyl (C=O) groups excluding carboxylic acids is 2. The summed E-state index contributed by atoms with van der Waals surface area (Å²) < 4.78 is 5.69. The number of esters is 1. The number of hydrogen-bond donors (Lipinski definition) is 2. The van der Waals surface area contributed by atoms with Crippen LogP contribution in [0, 0.1) is 13.8 Å². The van der Waals surface area contributed by atoms with Gasteiger partial charge in [0, 0.05) is 17.0 Å². The monoisotopic (exact) mass is 474 g/mol. The second kappa shape index (κ2) is 8.99. The molecule has 10 nitrogen and oxygen atoms in total. The number of benzene rings is 1. The lowest BCUT2D eigenvalue weighted by atomic mass is 9.98. The van der Waals surface area contributed by atoms with E-state index in [9.17, 15) is 9.59 Å². The van der Waals surface area contributed by atoms with Crippen molar-refractivity contribution in [3.05, 3.63) is 50.6 Å². The lowest BCUT2D eigenvalue weighted by Crippen LogP contribution is -2.11. The highest BCUT2D eigenvalue weighted by Crippen LogP contribution is 2.28. The van der Waals surface area contributed by atoms with Gasteiger partial charge in [0.25, 0.3) is 0 Å². The zero-order valence-corrected chi connectivity index (χ0v) is 18.1. The number of hydrogen-bond acceptors (Lipinski definition) is 8.